The number of fused-ring (bicyclic) bond motifs is 1. The van der Waals surface area contributed by atoms with Crippen LogP contribution >= 0.6 is 22.9 Å². The van der Waals surface area contributed by atoms with E-state index in [-0.39, 0.29) is 19.0 Å². The number of carbonyl (C=O) groups excluding carboxylic acids is 1. The monoisotopic (exact) mass is 413 g/mol. The standard InChI is InChI=1S/C20H16ClN3O3S/c1-12-14-4-2-3-5-15(14)22-16(19(12)21)10-26-18(25)7-6-17-23-20(24-27-17)13-8-9-28-11-13/h2-5,8-9,11H,6-7,10H2,1H3. The molecule has 0 aliphatic rings. The molecule has 1 aromatic carbocycles. The SMILES string of the molecule is Cc1c(Cl)c(COC(=O)CCc2nc(-c3ccsc3)no2)nc2ccccc12. The van der Waals surface area contributed by atoms with Crippen LogP contribution in [0.5, 0.6) is 0 Å². The Morgan fingerprint density at radius 3 is 2.93 bits per heavy atom. The number of nitrogens with zero attached hydrogens (tertiary/aromatic N) is 3. The van der Waals surface area contributed by atoms with E-state index in [1.54, 1.807) is 11.3 Å². The molecule has 0 unspecified atom stereocenters. The van der Waals surface area contributed by atoms with Crippen molar-refractivity contribution < 1.29 is 14.1 Å². The fraction of sp³-hybridized carbons (Fsp3) is 0.200. The number of para-hydroxylation sites is 1. The Bertz CT molecular complexity index is 1130. The van der Waals surface area contributed by atoms with Crippen molar-refractivity contribution in [3.8, 4) is 11.4 Å². The molecule has 0 spiro atoms. The van der Waals surface area contributed by atoms with Gasteiger partial charge in [0.15, 0.2) is 0 Å². The lowest BCUT2D eigenvalue weighted by atomic mass is 10.1. The van der Waals surface area contributed by atoms with Crippen LogP contribution in [0, 0.1) is 6.92 Å². The fourth-order valence-electron chi connectivity index (χ4n) is 2.81. The molecule has 3 aromatic heterocycles. The summed E-state index contributed by atoms with van der Waals surface area (Å²) in [6.07, 6.45) is 0.448. The molecular formula is C20H16ClN3O3S. The Morgan fingerprint density at radius 2 is 2.11 bits per heavy atom. The van der Waals surface area contributed by atoms with Crippen LogP contribution in [-0.4, -0.2) is 21.1 Å². The van der Waals surface area contributed by atoms with Gasteiger partial charge in [-0.2, -0.15) is 16.3 Å². The number of rotatable bonds is 6. The number of ether oxygens (including phenoxy) is 1. The summed E-state index contributed by atoms with van der Waals surface area (Å²) in [4.78, 5) is 20.9. The number of halogens is 1. The highest BCUT2D eigenvalue weighted by molar-refractivity contribution is 7.08. The predicted octanol–water partition coefficient (Wildman–Crippen LogP) is 4.98. The van der Waals surface area contributed by atoms with Gasteiger partial charge in [0.2, 0.25) is 11.7 Å². The number of aromatic nitrogens is 3. The first-order valence-electron chi connectivity index (χ1n) is 8.66. The second-order valence-electron chi connectivity index (χ2n) is 6.20. The third-order valence-corrected chi connectivity index (χ3v) is 5.49. The Hall–Kier alpha value is -2.77. The summed E-state index contributed by atoms with van der Waals surface area (Å²) in [5.41, 5.74) is 3.19. The lowest BCUT2D eigenvalue weighted by molar-refractivity contribution is -0.145. The van der Waals surface area contributed by atoms with Crippen LogP contribution in [0.15, 0.2) is 45.6 Å². The summed E-state index contributed by atoms with van der Waals surface area (Å²) in [5, 5.41) is 9.30. The normalized spacial score (nSPS) is 11.1. The molecule has 0 N–H and O–H groups in total. The molecular weight excluding hydrogens is 398 g/mol. The molecule has 8 heteroatoms. The summed E-state index contributed by atoms with van der Waals surface area (Å²) in [5.74, 6) is 0.544. The Balaban J connectivity index is 1.36. The van der Waals surface area contributed by atoms with E-state index >= 15 is 0 Å². The number of thiophene rings is 1. The van der Waals surface area contributed by atoms with Crippen molar-refractivity contribution >= 4 is 39.8 Å². The first-order chi connectivity index (χ1) is 13.6. The number of esters is 1. The molecule has 0 saturated heterocycles. The number of hydrogen-bond donors (Lipinski definition) is 0. The average Bonchev–Trinajstić information content (AvgIpc) is 3.39. The van der Waals surface area contributed by atoms with Gasteiger partial charge in [-0.1, -0.05) is 35.0 Å². The molecule has 142 valence electrons. The maximum absolute atomic E-state index is 12.1. The van der Waals surface area contributed by atoms with Crippen LogP contribution in [-0.2, 0) is 22.6 Å². The maximum Gasteiger partial charge on any atom is 0.306 e. The molecule has 0 saturated carbocycles. The Labute approximate surface area is 170 Å². The summed E-state index contributed by atoms with van der Waals surface area (Å²) in [6.45, 7) is 1.95. The van der Waals surface area contributed by atoms with E-state index in [0.717, 1.165) is 22.0 Å². The number of carbonyl (C=O) groups is 1. The van der Waals surface area contributed by atoms with Crippen molar-refractivity contribution in [1.29, 1.82) is 0 Å². The first-order valence-corrected chi connectivity index (χ1v) is 9.98. The maximum atomic E-state index is 12.1. The van der Waals surface area contributed by atoms with E-state index in [4.69, 9.17) is 20.9 Å². The highest BCUT2D eigenvalue weighted by atomic mass is 35.5. The van der Waals surface area contributed by atoms with Gasteiger partial charge in [-0.05, 0) is 30.0 Å². The predicted molar refractivity (Wildman–Crippen MR) is 107 cm³/mol. The van der Waals surface area contributed by atoms with E-state index in [2.05, 4.69) is 15.1 Å². The minimum absolute atomic E-state index is 0.0212. The molecule has 4 aromatic rings. The van der Waals surface area contributed by atoms with Gasteiger partial charge in [-0.3, -0.25) is 4.79 Å². The summed E-state index contributed by atoms with van der Waals surface area (Å²) in [6, 6.07) is 9.64. The number of pyridine rings is 1. The largest absolute Gasteiger partial charge is 0.459 e. The van der Waals surface area contributed by atoms with Crippen molar-refractivity contribution in [2.75, 3.05) is 0 Å². The van der Waals surface area contributed by atoms with Crippen LogP contribution in [0.25, 0.3) is 22.3 Å². The highest BCUT2D eigenvalue weighted by Gasteiger charge is 2.14. The Kier molecular flexibility index (Phi) is 5.36. The van der Waals surface area contributed by atoms with Gasteiger partial charge in [-0.15, -0.1) is 0 Å². The number of hydrogen-bond acceptors (Lipinski definition) is 7. The third kappa shape index (κ3) is 3.90. The highest BCUT2D eigenvalue weighted by Crippen LogP contribution is 2.27. The zero-order valence-electron chi connectivity index (χ0n) is 15.0. The first kappa shape index (κ1) is 18.6. The van der Waals surface area contributed by atoms with Crippen LogP contribution in [0.1, 0.15) is 23.6 Å². The van der Waals surface area contributed by atoms with Crippen LogP contribution in [0.3, 0.4) is 0 Å². The molecule has 0 radical (unpaired) electrons. The van der Waals surface area contributed by atoms with Crippen molar-refractivity contribution in [3.05, 3.63) is 63.3 Å². The topological polar surface area (TPSA) is 78.1 Å². The molecule has 4 rings (SSSR count). The van der Waals surface area contributed by atoms with Crippen molar-refractivity contribution in [2.45, 2.75) is 26.4 Å². The van der Waals surface area contributed by atoms with Gasteiger partial charge < -0.3 is 9.26 Å². The minimum atomic E-state index is -0.376. The molecule has 0 fully saturated rings. The molecule has 3 heterocycles. The quantitative estimate of drug-likeness (QED) is 0.414. The fourth-order valence-corrected chi connectivity index (χ4v) is 3.64. The van der Waals surface area contributed by atoms with E-state index in [1.807, 2.05) is 48.0 Å². The lowest BCUT2D eigenvalue weighted by Gasteiger charge is -2.10. The summed E-state index contributed by atoms with van der Waals surface area (Å²) >= 11 is 7.95. The van der Waals surface area contributed by atoms with Crippen molar-refractivity contribution in [3.63, 3.8) is 0 Å². The molecule has 28 heavy (non-hydrogen) atoms. The molecule has 0 bridgehead atoms. The smallest absolute Gasteiger partial charge is 0.306 e. The molecule has 0 aliphatic heterocycles. The van der Waals surface area contributed by atoms with Gasteiger partial charge in [0, 0.05) is 22.8 Å². The average molecular weight is 414 g/mol. The van der Waals surface area contributed by atoms with E-state index in [1.165, 1.54) is 0 Å². The summed E-state index contributed by atoms with van der Waals surface area (Å²) < 4.78 is 10.5. The zero-order chi connectivity index (χ0) is 19.5. The van der Waals surface area contributed by atoms with Gasteiger partial charge in [0.05, 0.1) is 22.7 Å². The molecule has 0 atom stereocenters. The van der Waals surface area contributed by atoms with Gasteiger partial charge in [-0.25, -0.2) is 4.98 Å². The van der Waals surface area contributed by atoms with E-state index in [9.17, 15) is 4.79 Å². The van der Waals surface area contributed by atoms with Crippen LogP contribution in [0.2, 0.25) is 5.02 Å². The van der Waals surface area contributed by atoms with Crippen molar-refractivity contribution in [1.82, 2.24) is 15.1 Å². The van der Waals surface area contributed by atoms with Gasteiger partial charge >= 0.3 is 5.97 Å². The Morgan fingerprint density at radius 1 is 1.25 bits per heavy atom. The lowest BCUT2D eigenvalue weighted by Crippen LogP contribution is -2.08. The number of aryl methyl sites for hydroxylation is 2. The van der Waals surface area contributed by atoms with E-state index in [0.29, 0.717) is 28.9 Å². The zero-order valence-corrected chi connectivity index (χ0v) is 16.6. The van der Waals surface area contributed by atoms with E-state index < -0.39 is 0 Å². The van der Waals surface area contributed by atoms with Crippen LogP contribution in [0.4, 0.5) is 0 Å². The molecule has 0 amide bonds. The van der Waals surface area contributed by atoms with Crippen LogP contribution < -0.4 is 0 Å². The van der Waals surface area contributed by atoms with Gasteiger partial charge in [0.1, 0.15) is 6.61 Å². The second-order valence-corrected chi connectivity index (χ2v) is 7.36. The van der Waals surface area contributed by atoms with Crippen molar-refractivity contribution in [2.24, 2.45) is 0 Å². The molecule has 6 nitrogen and oxygen atoms in total. The second kappa shape index (κ2) is 8.08. The summed E-state index contributed by atoms with van der Waals surface area (Å²) in [7, 11) is 0. The third-order valence-electron chi connectivity index (χ3n) is 4.31. The number of benzene rings is 1. The minimum Gasteiger partial charge on any atom is -0.459 e. The molecule has 0 aliphatic carbocycles. The van der Waals surface area contributed by atoms with Gasteiger partial charge in [0.25, 0.3) is 0 Å².